The van der Waals surface area contributed by atoms with Gasteiger partial charge in [0.15, 0.2) is 0 Å². The predicted octanol–water partition coefficient (Wildman–Crippen LogP) is 4.22. The maximum atomic E-state index is 12.5. The third kappa shape index (κ3) is 4.23. The standard InChI is InChI=1S/C24H17N3O3/c28-23(19-10-6-14-25-15-19)27-26-16-21-20-11-5-4-7-17(20)12-13-22(21)30-24(29)18-8-2-1-3-9-18/h1-16H,(H,27,28)/b26-16+. The van der Waals surface area contributed by atoms with Crippen LogP contribution in [0.1, 0.15) is 26.3 Å². The van der Waals surface area contributed by atoms with Gasteiger partial charge in [0.25, 0.3) is 5.91 Å². The van der Waals surface area contributed by atoms with E-state index in [1.165, 1.54) is 12.4 Å². The van der Waals surface area contributed by atoms with Crippen LogP contribution in [0.5, 0.6) is 5.75 Å². The van der Waals surface area contributed by atoms with Crippen LogP contribution in [-0.4, -0.2) is 23.1 Å². The molecule has 1 amide bonds. The second-order valence-corrected chi connectivity index (χ2v) is 6.39. The second-order valence-electron chi connectivity index (χ2n) is 6.39. The minimum atomic E-state index is -0.472. The first-order chi connectivity index (χ1) is 14.7. The van der Waals surface area contributed by atoms with Crippen LogP contribution in [0.15, 0.2) is 96.4 Å². The Hall–Kier alpha value is -4.32. The number of benzene rings is 3. The lowest BCUT2D eigenvalue weighted by molar-refractivity contribution is 0.0734. The number of fused-ring (bicyclic) bond motifs is 1. The Morgan fingerprint density at radius 3 is 2.43 bits per heavy atom. The van der Waals surface area contributed by atoms with Crippen molar-refractivity contribution in [1.82, 2.24) is 10.4 Å². The lowest BCUT2D eigenvalue weighted by Crippen LogP contribution is -2.18. The quantitative estimate of drug-likeness (QED) is 0.237. The van der Waals surface area contributed by atoms with Gasteiger partial charge in [-0.25, -0.2) is 10.2 Å². The number of carbonyl (C=O) groups excluding carboxylic acids is 2. The van der Waals surface area contributed by atoms with E-state index in [1.54, 1.807) is 48.7 Å². The van der Waals surface area contributed by atoms with Crippen molar-refractivity contribution >= 4 is 28.9 Å². The number of nitrogens with zero attached hydrogens (tertiary/aromatic N) is 2. The van der Waals surface area contributed by atoms with E-state index in [0.717, 1.165) is 10.8 Å². The Balaban J connectivity index is 1.64. The summed E-state index contributed by atoms with van der Waals surface area (Å²) in [6.45, 7) is 0. The van der Waals surface area contributed by atoms with Gasteiger partial charge in [0.2, 0.25) is 0 Å². The average molecular weight is 395 g/mol. The molecule has 0 aliphatic carbocycles. The van der Waals surface area contributed by atoms with Crippen molar-refractivity contribution in [2.24, 2.45) is 5.10 Å². The van der Waals surface area contributed by atoms with Crippen LogP contribution >= 0.6 is 0 Å². The fourth-order valence-electron chi connectivity index (χ4n) is 2.95. The van der Waals surface area contributed by atoms with Gasteiger partial charge in [-0.15, -0.1) is 0 Å². The van der Waals surface area contributed by atoms with E-state index in [2.05, 4.69) is 15.5 Å². The Morgan fingerprint density at radius 1 is 0.867 bits per heavy atom. The number of esters is 1. The SMILES string of the molecule is O=C(N/N=C/c1c(OC(=O)c2ccccc2)ccc2ccccc12)c1cccnc1. The number of nitrogens with one attached hydrogen (secondary N) is 1. The topological polar surface area (TPSA) is 80.6 Å². The van der Waals surface area contributed by atoms with Gasteiger partial charge in [0.1, 0.15) is 5.75 Å². The van der Waals surface area contributed by atoms with Gasteiger partial charge in [-0.1, -0.05) is 48.5 Å². The Kier molecular flexibility index (Phi) is 5.57. The molecule has 0 saturated carbocycles. The number of carbonyl (C=O) groups is 2. The largest absolute Gasteiger partial charge is 0.422 e. The van der Waals surface area contributed by atoms with E-state index in [9.17, 15) is 9.59 Å². The summed E-state index contributed by atoms with van der Waals surface area (Å²) in [4.78, 5) is 28.6. The van der Waals surface area contributed by atoms with Gasteiger partial charge < -0.3 is 4.74 Å². The van der Waals surface area contributed by atoms with Crippen molar-refractivity contribution in [3.63, 3.8) is 0 Å². The fraction of sp³-hybridized carbons (Fsp3) is 0. The van der Waals surface area contributed by atoms with Gasteiger partial charge in [0.05, 0.1) is 17.3 Å². The van der Waals surface area contributed by atoms with Crippen molar-refractivity contribution in [3.05, 3.63) is 108 Å². The maximum absolute atomic E-state index is 12.5. The van der Waals surface area contributed by atoms with E-state index >= 15 is 0 Å². The first-order valence-electron chi connectivity index (χ1n) is 9.25. The molecule has 0 bridgehead atoms. The normalized spacial score (nSPS) is 10.8. The van der Waals surface area contributed by atoms with Crippen LogP contribution in [0.3, 0.4) is 0 Å². The highest BCUT2D eigenvalue weighted by Gasteiger charge is 2.13. The zero-order chi connectivity index (χ0) is 20.8. The molecule has 30 heavy (non-hydrogen) atoms. The number of rotatable bonds is 5. The molecule has 0 aliphatic rings. The predicted molar refractivity (Wildman–Crippen MR) is 115 cm³/mol. The molecule has 0 unspecified atom stereocenters. The monoisotopic (exact) mass is 395 g/mol. The van der Waals surface area contributed by atoms with E-state index in [-0.39, 0.29) is 5.91 Å². The molecule has 0 radical (unpaired) electrons. The van der Waals surface area contributed by atoms with E-state index in [1.807, 2.05) is 36.4 Å². The van der Waals surface area contributed by atoms with E-state index in [4.69, 9.17) is 4.74 Å². The summed E-state index contributed by atoms with van der Waals surface area (Å²) in [5.41, 5.74) is 3.90. The molecular weight excluding hydrogens is 378 g/mol. The first kappa shape index (κ1) is 19.0. The third-order valence-electron chi connectivity index (χ3n) is 4.43. The minimum absolute atomic E-state index is 0.349. The number of amides is 1. The molecule has 6 nitrogen and oxygen atoms in total. The Bertz CT molecular complexity index is 1220. The number of aromatic nitrogens is 1. The molecule has 0 fully saturated rings. The number of pyridine rings is 1. The van der Waals surface area contributed by atoms with Gasteiger partial charge >= 0.3 is 5.97 Å². The molecule has 146 valence electrons. The third-order valence-corrected chi connectivity index (χ3v) is 4.43. The summed E-state index contributed by atoms with van der Waals surface area (Å²) in [5.74, 6) is -0.510. The summed E-state index contributed by atoms with van der Waals surface area (Å²) in [6, 6.07) is 23.3. The van der Waals surface area contributed by atoms with Crippen LogP contribution in [0, 0.1) is 0 Å². The zero-order valence-corrected chi connectivity index (χ0v) is 15.9. The zero-order valence-electron chi connectivity index (χ0n) is 15.9. The van der Waals surface area contributed by atoms with Crippen LogP contribution in [0.2, 0.25) is 0 Å². The molecule has 0 spiro atoms. The number of hydrogen-bond acceptors (Lipinski definition) is 5. The highest BCUT2D eigenvalue weighted by Crippen LogP contribution is 2.27. The number of hydrogen-bond donors (Lipinski definition) is 1. The minimum Gasteiger partial charge on any atom is -0.422 e. The first-order valence-corrected chi connectivity index (χ1v) is 9.25. The van der Waals surface area contributed by atoms with Crippen LogP contribution < -0.4 is 10.2 Å². The molecule has 0 saturated heterocycles. The average Bonchev–Trinajstić information content (AvgIpc) is 2.81. The van der Waals surface area contributed by atoms with E-state index in [0.29, 0.717) is 22.4 Å². The summed E-state index contributed by atoms with van der Waals surface area (Å²) < 4.78 is 5.63. The molecule has 1 aromatic heterocycles. The van der Waals surface area contributed by atoms with Gasteiger partial charge in [-0.05, 0) is 41.1 Å². The van der Waals surface area contributed by atoms with Gasteiger partial charge in [-0.3, -0.25) is 9.78 Å². The van der Waals surface area contributed by atoms with Crippen molar-refractivity contribution in [3.8, 4) is 5.75 Å². The lowest BCUT2D eigenvalue weighted by Gasteiger charge is -2.10. The van der Waals surface area contributed by atoms with Crippen LogP contribution in [-0.2, 0) is 0 Å². The smallest absolute Gasteiger partial charge is 0.343 e. The summed E-state index contributed by atoms with van der Waals surface area (Å²) in [7, 11) is 0. The highest BCUT2D eigenvalue weighted by molar-refractivity contribution is 6.04. The molecule has 1 heterocycles. The highest BCUT2D eigenvalue weighted by atomic mass is 16.5. The van der Waals surface area contributed by atoms with E-state index < -0.39 is 5.97 Å². The van der Waals surface area contributed by atoms with Crippen molar-refractivity contribution in [1.29, 1.82) is 0 Å². The van der Waals surface area contributed by atoms with Crippen molar-refractivity contribution in [2.45, 2.75) is 0 Å². The Labute approximate surface area is 172 Å². The lowest BCUT2D eigenvalue weighted by atomic mass is 10.0. The molecule has 4 aromatic rings. The molecule has 6 heteroatoms. The summed E-state index contributed by atoms with van der Waals surface area (Å²) >= 11 is 0. The Morgan fingerprint density at radius 2 is 1.63 bits per heavy atom. The molecule has 1 N–H and O–H groups in total. The van der Waals surface area contributed by atoms with Gasteiger partial charge in [0, 0.05) is 18.0 Å². The number of ether oxygens (including phenoxy) is 1. The molecule has 3 aromatic carbocycles. The molecular formula is C24H17N3O3. The van der Waals surface area contributed by atoms with Crippen molar-refractivity contribution < 1.29 is 14.3 Å². The van der Waals surface area contributed by atoms with Crippen molar-refractivity contribution in [2.75, 3.05) is 0 Å². The number of hydrazone groups is 1. The van der Waals surface area contributed by atoms with Crippen LogP contribution in [0.25, 0.3) is 10.8 Å². The molecule has 0 aliphatic heterocycles. The van der Waals surface area contributed by atoms with Gasteiger partial charge in [-0.2, -0.15) is 5.10 Å². The second kappa shape index (κ2) is 8.79. The van der Waals surface area contributed by atoms with Crippen LogP contribution in [0.4, 0.5) is 0 Å². The summed E-state index contributed by atoms with van der Waals surface area (Å²) in [6.07, 6.45) is 4.52. The maximum Gasteiger partial charge on any atom is 0.343 e. The summed E-state index contributed by atoms with van der Waals surface area (Å²) in [5, 5.41) is 5.86. The molecule has 0 atom stereocenters. The molecule has 4 rings (SSSR count). The fourth-order valence-corrected chi connectivity index (χ4v) is 2.95.